The third-order valence-corrected chi connectivity index (χ3v) is 3.38. The Balaban J connectivity index is 1.98. The molecule has 2 heterocycles. The molecule has 1 saturated heterocycles. The fourth-order valence-electron chi connectivity index (χ4n) is 2.43. The highest BCUT2D eigenvalue weighted by molar-refractivity contribution is 5.68. The number of carbonyl (C=O) groups is 1. The van der Waals surface area contributed by atoms with Crippen LogP contribution in [0.25, 0.3) is 0 Å². The van der Waals surface area contributed by atoms with Gasteiger partial charge in [-0.15, -0.1) is 0 Å². The molecule has 0 N–H and O–H groups in total. The zero-order valence-electron chi connectivity index (χ0n) is 13.4. The third kappa shape index (κ3) is 4.44. The number of nitrogens with zero attached hydrogens (tertiary/aromatic N) is 3. The molecule has 1 aliphatic rings. The quantitative estimate of drug-likeness (QED) is 0.857. The lowest BCUT2D eigenvalue weighted by Gasteiger charge is -2.32. The van der Waals surface area contributed by atoms with Crippen LogP contribution >= 0.6 is 0 Å². The van der Waals surface area contributed by atoms with Crippen LogP contribution in [0.3, 0.4) is 0 Å². The summed E-state index contributed by atoms with van der Waals surface area (Å²) in [6, 6.07) is 0. The minimum Gasteiger partial charge on any atom is -0.444 e. The molecule has 1 atom stereocenters. The predicted molar refractivity (Wildman–Crippen MR) is 78.1 cm³/mol. The maximum absolute atomic E-state index is 12.1. The number of piperidine rings is 1. The maximum Gasteiger partial charge on any atom is 0.410 e. The summed E-state index contributed by atoms with van der Waals surface area (Å²) < 4.78 is 10.8. The second-order valence-electron chi connectivity index (χ2n) is 6.56. The maximum atomic E-state index is 12.1. The normalized spacial score (nSPS) is 19.6. The molecule has 2 rings (SSSR count). The summed E-state index contributed by atoms with van der Waals surface area (Å²) in [6.45, 7) is 9.02. The summed E-state index contributed by atoms with van der Waals surface area (Å²) in [7, 11) is 0. The van der Waals surface area contributed by atoms with Gasteiger partial charge >= 0.3 is 6.09 Å². The summed E-state index contributed by atoms with van der Waals surface area (Å²) in [6.07, 6.45) is 3.45. The number of rotatable bonds is 3. The van der Waals surface area contributed by atoms with Crippen molar-refractivity contribution in [3.05, 3.63) is 11.7 Å². The van der Waals surface area contributed by atoms with E-state index in [1.165, 1.54) is 0 Å². The van der Waals surface area contributed by atoms with Crippen molar-refractivity contribution in [3.63, 3.8) is 0 Å². The lowest BCUT2D eigenvalue weighted by Crippen LogP contribution is -2.42. The molecule has 0 unspecified atom stereocenters. The summed E-state index contributed by atoms with van der Waals surface area (Å²) in [4.78, 5) is 18.3. The summed E-state index contributed by atoms with van der Waals surface area (Å²) >= 11 is 0. The van der Waals surface area contributed by atoms with Gasteiger partial charge < -0.3 is 14.2 Å². The topological polar surface area (TPSA) is 68.5 Å². The zero-order chi connectivity index (χ0) is 15.5. The minimum atomic E-state index is -0.469. The van der Waals surface area contributed by atoms with Gasteiger partial charge in [0.1, 0.15) is 5.60 Å². The highest BCUT2D eigenvalue weighted by Gasteiger charge is 2.30. The van der Waals surface area contributed by atoms with Gasteiger partial charge in [0, 0.05) is 19.5 Å². The number of amides is 1. The molecule has 0 radical (unpaired) electrons. The fraction of sp³-hybridized carbons (Fsp3) is 0.800. The van der Waals surface area contributed by atoms with Gasteiger partial charge in [-0.3, -0.25) is 0 Å². The predicted octanol–water partition coefficient (Wildman–Crippen LogP) is 3.14. The Morgan fingerprint density at radius 3 is 2.90 bits per heavy atom. The van der Waals surface area contributed by atoms with E-state index in [2.05, 4.69) is 17.1 Å². The Morgan fingerprint density at radius 2 is 2.24 bits per heavy atom. The van der Waals surface area contributed by atoms with Crippen LogP contribution in [0.1, 0.15) is 64.6 Å². The Kier molecular flexibility index (Phi) is 4.85. The lowest BCUT2D eigenvalue weighted by atomic mass is 9.98. The van der Waals surface area contributed by atoms with Crippen LogP contribution in [0.2, 0.25) is 0 Å². The molecular weight excluding hydrogens is 270 g/mol. The zero-order valence-corrected chi connectivity index (χ0v) is 13.4. The van der Waals surface area contributed by atoms with Crippen LogP contribution in [0.5, 0.6) is 0 Å². The molecule has 1 fully saturated rings. The average Bonchev–Trinajstić information content (AvgIpc) is 2.86. The van der Waals surface area contributed by atoms with Crippen molar-refractivity contribution >= 4 is 6.09 Å². The van der Waals surface area contributed by atoms with Crippen LogP contribution in [0.4, 0.5) is 4.79 Å². The van der Waals surface area contributed by atoms with E-state index < -0.39 is 5.60 Å². The molecule has 1 aliphatic heterocycles. The molecule has 118 valence electrons. The van der Waals surface area contributed by atoms with Crippen molar-refractivity contribution in [2.45, 2.75) is 64.9 Å². The molecule has 6 nitrogen and oxygen atoms in total. The lowest BCUT2D eigenvalue weighted by molar-refractivity contribution is 0.0189. The molecule has 0 aliphatic carbocycles. The van der Waals surface area contributed by atoms with E-state index in [4.69, 9.17) is 9.26 Å². The highest BCUT2D eigenvalue weighted by Crippen LogP contribution is 2.26. The smallest absolute Gasteiger partial charge is 0.410 e. The van der Waals surface area contributed by atoms with E-state index in [0.29, 0.717) is 12.4 Å². The number of aromatic nitrogens is 2. The van der Waals surface area contributed by atoms with Gasteiger partial charge in [0.25, 0.3) is 0 Å². The number of ether oxygens (including phenoxy) is 1. The van der Waals surface area contributed by atoms with Gasteiger partial charge in [-0.05, 0) is 40.0 Å². The van der Waals surface area contributed by atoms with Crippen LogP contribution < -0.4 is 0 Å². The molecule has 1 amide bonds. The highest BCUT2D eigenvalue weighted by atomic mass is 16.6. The van der Waals surface area contributed by atoms with E-state index in [9.17, 15) is 4.79 Å². The van der Waals surface area contributed by atoms with E-state index in [-0.39, 0.29) is 12.0 Å². The van der Waals surface area contributed by atoms with Crippen molar-refractivity contribution in [1.82, 2.24) is 15.0 Å². The average molecular weight is 295 g/mol. The van der Waals surface area contributed by atoms with E-state index >= 15 is 0 Å². The minimum absolute atomic E-state index is 0.115. The fourth-order valence-corrected chi connectivity index (χ4v) is 2.43. The molecular formula is C15H25N3O3. The third-order valence-electron chi connectivity index (χ3n) is 3.38. The SMILES string of the molecule is CCCc1noc([C@@H]2CCCN(C(=O)OC(C)(C)C)C2)n1. The van der Waals surface area contributed by atoms with Crippen molar-refractivity contribution < 1.29 is 14.1 Å². The van der Waals surface area contributed by atoms with Gasteiger partial charge in [0.2, 0.25) is 5.89 Å². The molecule has 1 aromatic rings. The van der Waals surface area contributed by atoms with Gasteiger partial charge in [0.05, 0.1) is 5.92 Å². The van der Waals surface area contributed by atoms with Gasteiger partial charge in [-0.2, -0.15) is 4.98 Å². The first kappa shape index (κ1) is 15.8. The summed E-state index contributed by atoms with van der Waals surface area (Å²) in [5, 5.41) is 3.99. The number of hydrogen-bond acceptors (Lipinski definition) is 5. The summed E-state index contributed by atoms with van der Waals surface area (Å²) in [5.74, 6) is 1.51. The van der Waals surface area contributed by atoms with Gasteiger partial charge in [-0.1, -0.05) is 12.1 Å². The molecule has 0 aromatic carbocycles. The van der Waals surface area contributed by atoms with E-state index in [1.54, 1.807) is 4.90 Å². The number of hydrogen-bond donors (Lipinski definition) is 0. The molecule has 0 bridgehead atoms. The first-order chi connectivity index (χ1) is 9.89. The number of likely N-dealkylation sites (tertiary alicyclic amines) is 1. The molecule has 0 spiro atoms. The molecule has 21 heavy (non-hydrogen) atoms. The van der Waals surface area contributed by atoms with Gasteiger partial charge in [-0.25, -0.2) is 4.79 Å². The van der Waals surface area contributed by atoms with Crippen molar-refractivity contribution in [2.75, 3.05) is 13.1 Å². The Bertz CT molecular complexity index is 479. The number of aryl methyl sites for hydroxylation is 1. The largest absolute Gasteiger partial charge is 0.444 e. The Hall–Kier alpha value is -1.59. The second kappa shape index (κ2) is 6.45. The van der Waals surface area contributed by atoms with Crippen LogP contribution in [0.15, 0.2) is 4.52 Å². The number of carbonyl (C=O) groups excluding carboxylic acids is 1. The van der Waals surface area contributed by atoms with Crippen LogP contribution in [0, 0.1) is 0 Å². The van der Waals surface area contributed by atoms with Gasteiger partial charge in [0.15, 0.2) is 5.82 Å². The van der Waals surface area contributed by atoms with Crippen molar-refractivity contribution in [2.24, 2.45) is 0 Å². The molecule has 1 aromatic heterocycles. The monoisotopic (exact) mass is 295 g/mol. The van der Waals surface area contributed by atoms with Crippen LogP contribution in [-0.4, -0.2) is 39.8 Å². The summed E-state index contributed by atoms with van der Waals surface area (Å²) in [5.41, 5.74) is -0.469. The van der Waals surface area contributed by atoms with E-state index in [1.807, 2.05) is 20.8 Å². The van der Waals surface area contributed by atoms with E-state index in [0.717, 1.165) is 38.1 Å². The second-order valence-corrected chi connectivity index (χ2v) is 6.56. The molecule has 6 heteroatoms. The first-order valence-corrected chi connectivity index (χ1v) is 7.69. The van der Waals surface area contributed by atoms with Crippen LogP contribution in [-0.2, 0) is 11.2 Å². The standard InChI is InChI=1S/C15H25N3O3/c1-5-7-12-16-13(21-17-12)11-8-6-9-18(10-11)14(19)20-15(2,3)4/h11H,5-10H2,1-4H3/t11-/m1/s1. The first-order valence-electron chi connectivity index (χ1n) is 7.69. The Morgan fingerprint density at radius 1 is 1.48 bits per heavy atom. The molecule has 0 saturated carbocycles. The van der Waals surface area contributed by atoms with Crippen molar-refractivity contribution in [3.8, 4) is 0 Å². The Labute approximate surface area is 125 Å². The van der Waals surface area contributed by atoms with Crippen molar-refractivity contribution in [1.29, 1.82) is 0 Å².